The summed E-state index contributed by atoms with van der Waals surface area (Å²) >= 11 is 0. The van der Waals surface area contributed by atoms with Crippen LogP contribution in [0, 0.1) is 0 Å². The van der Waals surface area contributed by atoms with Crippen molar-refractivity contribution in [2.75, 3.05) is 19.8 Å². The number of amides is 2. The average Bonchev–Trinajstić information content (AvgIpc) is 3.59. The lowest BCUT2D eigenvalue weighted by Crippen LogP contribution is -2.32. The van der Waals surface area contributed by atoms with Crippen LogP contribution in [0.2, 0.25) is 25.7 Å². The molecule has 14 heteroatoms. The van der Waals surface area contributed by atoms with Gasteiger partial charge in [0.05, 0.1) is 23.2 Å². The van der Waals surface area contributed by atoms with Gasteiger partial charge in [0.25, 0.3) is 5.91 Å². The molecule has 0 radical (unpaired) electrons. The molecule has 0 fully saturated rings. The van der Waals surface area contributed by atoms with Gasteiger partial charge in [0, 0.05) is 46.5 Å². The molecule has 0 bridgehead atoms. The molecule has 266 valence electrons. The van der Waals surface area contributed by atoms with E-state index in [2.05, 4.69) is 24.6 Å². The van der Waals surface area contributed by atoms with Gasteiger partial charge in [-0.15, -0.1) is 0 Å². The van der Waals surface area contributed by atoms with Gasteiger partial charge in [-0.3, -0.25) is 19.1 Å². The monoisotopic (exact) mass is 702 g/mol. The van der Waals surface area contributed by atoms with Crippen LogP contribution in [0.25, 0.3) is 16.6 Å². The summed E-state index contributed by atoms with van der Waals surface area (Å²) in [4.78, 5) is 43.6. The summed E-state index contributed by atoms with van der Waals surface area (Å²) in [5.41, 5.74) is 1.48. The van der Waals surface area contributed by atoms with Gasteiger partial charge in [-0.1, -0.05) is 31.8 Å². The van der Waals surface area contributed by atoms with E-state index in [4.69, 9.17) is 14.2 Å². The maximum atomic E-state index is 13.5. The summed E-state index contributed by atoms with van der Waals surface area (Å²) in [6.45, 7) is 14.8. The third kappa shape index (κ3) is 10.4. The molecular formula is C35H45F3N4O6Si. The van der Waals surface area contributed by atoms with E-state index in [1.165, 1.54) is 24.0 Å². The van der Waals surface area contributed by atoms with E-state index in [0.717, 1.165) is 29.3 Å². The number of rotatable bonds is 11. The zero-order chi connectivity index (χ0) is 36.1. The number of benzene rings is 2. The molecule has 3 aromatic rings. The van der Waals surface area contributed by atoms with E-state index in [1.54, 1.807) is 36.1 Å². The molecule has 10 nitrogen and oxygen atoms in total. The van der Waals surface area contributed by atoms with Crippen molar-refractivity contribution in [2.45, 2.75) is 91.3 Å². The number of esters is 1. The molecule has 0 saturated heterocycles. The van der Waals surface area contributed by atoms with Gasteiger partial charge in [0.2, 0.25) is 5.62 Å². The summed E-state index contributed by atoms with van der Waals surface area (Å²) in [6, 6.07) is 10.8. The van der Waals surface area contributed by atoms with Crippen molar-refractivity contribution in [1.29, 1.82) is 0 Å². The number of nitrogens with zero attached hydrogens (tertiary/aromatic N) is 4. The molecule has 0 spiro atoms. The minimum absolute atomic E-state index is 0.0269. The molecular weight excluding hydrogens is 657 g/mol. The third-order valence-corrected chi connectivity index (χ3v) is 9.36. The SMILES string of the molecule is CC(=O)OCCCn1/c(=N/C(=O)c2cccc(C(F)(F)F)c2)n(COCC[Si](C)(C)C)c2cc(C3=CN(C(=O)OC(C)(C)C)CC3)ccc21. The highest BCUT2D eigenvalue weighted by molar-refractivity contribution is 6.76. The fourth-order valence-corrected chi connectivity index (χ4v) is 5.95. The highest BCUT2D eigenvalue weighted by atomic mass is 28.3. The Kier molecular flexibility index (Phi) is 11.6. The number of imidazole rings is 1. The average molecular weight is 703 g/mol. The van der Waals surface area contributed by atoms with Gasteiger partial charge in [0.1, 0.15) is 12.3 Å². The van der Waals surface area contributed by atoms with E-state index in [1.807, 2.05) is 18.2 Å². The Morgan fingerprint density at radius 1 is 0.959 bits per heavy atom. The van der Waals surface area contributed by atoms with Crippen LogP contribution in [0.1, 0.15) is 62.0 Å². The lowest BCUT2D eigenvalue weighted by molar-refractivity contribution is -0.141. The predicted octanol–water partition coefficient (Wildman–Crippen LogP) is 7.45. The Hall–Kier alpha value is -4.17. The molecule has 2 aromatic carbocycles. The van der Waals surface area contributed by atoms with Crippen molar-refractivity contribution in [3.8, 4) is 0 Å². The predicted molar refractivity (Wildman–Crippen MR) is 182 cm³/mol. The van der Waals surface area contributed by atoms with Crippen molar-refractivity contribution >= 4 is 42.7 Å². The molecule has 0 N–H and O–H groups in total. The number of ether oxygens (including phenoxy) is 3. The first-order valence-electron chi connectivity index (χ1n) is 16.2. The second-order valence-corrected chi connectivity index (χ2v) is 19.8. The molecule has 0 aliphatic carbocycles. The standard InChI is InChI=1S/C35H45F3N4O6Si/c1-24(43)47-17-9-15-41-29-13-12-25(27-14-16-40(22-27)33(45)48-34(2,3)4)21-30(29)42(23-46-18-19-49(5,6)7)32(41)39-31(44)26-10-8-11-28(20-26)35(36,37)38/h8,10-13,20-22H,9,14-19,23H2,1-7H3/b39-32-. The summed E-state index contributed by atoms with van der Waals surface area (Å²) in [5.74, 6) is -1.28. The fourth-order valence-electron chi connectivity index (χ4n) is 5.20. The number of aryl methyl sites for hydroxylation is 1. The number of fused-ring (bicyclic) bond motifs is 1. The molecule has 0 atom stereocenters. The van der Waals surface area contributed by atoms with Crippen LogP contribution in [0.3, 0.4) is 0 Å². The Labute approximate surface area is 285 Å². The van der Waals surface area contributed by atoms with Crippen LogP contribution in [-0.4, -0.2) is 65.4 Å². The van der Waals surface area contributed by atoms with Gasteiger partial charge in [-0.05, 0) is 81.1 Å². The number of hydrogen-bond acceptors (Lipinski definition) is 6. The molecule has 49 heavy (non-hydrogen) atoms. The fraction of sp³-hybridized carbons (Fsp3) is 0.486. The van der Waals surface area contributed by atoms with Crippen molar-refractivity contribution in [3.05, 3.63) is 71.0 Å². The quantitative estimate of drug-likeness (QED) is 0.117. The molecule has 2 heterocycles. The van der Waals surface area contributed by atoms with Gasteiger partial charge >= 0.3 is 18.2 Å². The topological polar surface area (TPSA) is 104 Å². The van der Waals surface area contributed by atoms with E-state index < -0.39 is 43.4 Å². The molecule has 1 aliphatic heterocycles. The van der Waals surface area contributed by atoms with Crippen molar-refractivity contribution in [2.24, 2.45) is 4.99 Å². The number of aromatic nitrogens is 2. The van der Waals surface area contributed by atoms with E-state index in [-0.39, 0.29) is 31.1 Å². The maximum absolute atomic E-state index is 13.5. The minimum atomic E-state index is -4.63. The first kappa shape index (κ1) is 37.6. The van der Waals surface area contributed by atoms with Gasteiger partial charge < -0.3 is 18.8 Å². The summed E-state index contributed by atoms with van der Waals surface area (Å²) in [6.07, 6.45) is -2.33. The Bertz CT molecular complexity index is 1800. The molecule has 2 amide bonds. The van der Waals surface area contributed by atoms with Crippen LogP contribution in [-0.2, 0) is 38.5 Å². The number of carbonyl (C=O) groups excluding carboxylic acids is 3. The number of alkyl halides is 3. The van der Waals surface area contributed by atoms with Crippen LogP contribution in [0.15, 0.2) is 53.7 Å². The largest absolute Gasteiger partial charge is 0.466 e. The maximum Gasteiger partial charge on any atom is 0.416 e. The highest BCUT2D eigenvalue weighted by Gasteiger charge is 2.31. The number of carbonyl (C=O) groups is 3. The Morgan fingerprint density at radius 2 is 1.69 bits per heavy atom. The molecule has 0 unspecified atom stereocenters. The minimum Gasteiger partial charge on any atom is -0.466 e. The smallest absolute Gasteiger partial charge is 0.416 e. The highest BCUT2D eigenvalue weighted by Crippen LogP contribution is 2.31. The lowest BCUT2D eigenvalue weighted by atomic mass is 10.0. The molecule has 1 aliphatic rings. The first-order chi connectivity index (χ1) is 22.8. The number of halogens is 3. The zero-order valence-electron chi connectivity index (χ0n) is 29.1. The Balaban J connectivity index is 1.84. The van der Waals surface area contributed by atoms with Gasteiger partial charge in [0.15, 0.2) is 0 Å². The normalized spacial score (nSPS) is 14.4. The first-order valence-corrected chi connectivity index (χ1v) is 19.9. The number of hydrogen-bond donors (Lipinski definition) is 0. The van der Waals surface area contributed by atoms with Crippen molar-refractivity contribution < 1.29 is 41.8 Å². The van der Waals surface area contributed by atoms with Crippen LogP contribution in [0.5, 0.6) is 0 Å². The van der Waals surface area contributed by atoms with Crippen molar-refractivity contribution in [1.82, 2.24) is 14.0 Å². The van der Waals surface area contributed by atoms with E-state index in [9.17, 15) is 27.6 Å². The third-order valence-electron chi connectivity index (χ3n) is 7.66. The zero-order valence-corrected chi connectivity index (χ0v) is 30.1. The molecule has 1 aromatic heterocycles. The lowest BCUT2D eigenvalue weighted by Gasteiger charge is -2.23. The Morgan fingerprint density at radius 3 is 2.35 bits per heavy atom. The van der Waals surface area contributed by atoms with Crippen molar-refractivity contribution in [3.63, 3.8) is 0 Å². The molecule has 0 saturated carbocycles. The second-order valence-electron chi connectivity index (χ2n) is 14.2. The second kappa shape index (κ2) is 15.2. The summed E-state index contributed by atoms with van der Waals surface area (Å²) < 4.78 is 60.8. The van der Waals surface area contributed by atoms with Crippen LogP contribution in [0.4, 0.5) is 18.0 Å². The van der Waals surface area contributed by atoms with Crippen LogP contribution < -0.4 is 5.62 Å². The molecule has 4 rings (SSSR count). The summed E-state index contributed by atoms with van der Waals surface area (Å²) in [5, 5.41) is 0. The van der Waals surface area contributed by atoms with E-state index in [0.29, 0.717) is 37.0 Å². The summed E-state index contributed by atoms with van der Waals surface area (Å²) in [7, 11) is -1.44. The van der Waals surface area contributed by atoms with E-state index >= 15 is 0 Å². The van der Waals surface area contributed by atoms with Crippen LogP contribution >= 0.6 is 0 Å². The van der Waals surface area contributed by atoms with Gasteiger partial charge in [-0.2, -0.15) is 18.2 Å². The van der Waals surface area contributed by atoms with Gasteiger partial charge in [-0.25, -0.2) is 4.79 Å².